The lowest BCUT2D eigenvalue weighted by Gasteiger charge is -2.20. The van der Waals surface area contributed by atoms with Gasteiger partial charge in [0, 0.05) is 18.0 Å². The summed E-state index contributed by atoms with van der Waals surface area (Å²) in [6.45, 7) is 3.88. The van der Waals surface area contributed by atoms with Crippen molar-refractivity contribution < 1.29 is 13.6 Å². The molecule has 1 atom stereocenters. The Balaban J connectivity index is 1.53. The SMILES string of the molecule is CC(C)[C@@H](C(=O)Nc1cc(-c2[nH]c3ccc(F)nc3c2-c2ccccn2)ccn1)c1ccc(F)cc1. The molecule has 0 radical (unpaired) electrons. The van der Waals surface area contributed by atoms with E-state index in [1.54, 1.807) is 48.8 Å². The molecule has 1 amide bonds. The Kier molecular flexibility index (Phi) is 6.25. The number of halogens is 2. The number of anilines is 1. The van der Waals surface area contributed by atoms with E-state index in [0.29, 0.717) is 33.8 Å². The number of H-pyrrole nitrogens is 1. The molecule has 0 unspecified atom stereocenters. The third kappa shape index (κ3) is 4.57. The van der Waals surface area contributed by atoms with E-state index >= 15 is 0 Å². The second kappa shape index (κ2) is 9.65. The number of hydrogen-bond acceptors (Lipinski definition) is 4. The maximum Gasteiger partial charge on any atom is 0.233 e. The molecule has 5 aromatic rings. The van der Waals surface area contributed by atoms with Crippen LogP contribution in [0, 0.1) is 17.7 Å². The summed E-state index contributed by atoms with van der Waals surface area (Å²) in [7, 11) is 0. The monoisotopic (exact) mass is 483 g/mol. The van der Waals surface area contributed by atoms with Crippen molar-refractivity contribution in [2.24, 2.45) is 5.92 Å². The van der Waals surface area contributed by atoms with Gasteiger partial charge in [-0.2, -0.15) is 4.39 Å². The summed E-state index contributed by atoms with van der Waals surface area (Å²) < 4.78 is 27.4. The van der Waals surface area contributed by atoms with Gasteiger partial charge >= 0.3 is 0 Å². The molecule has 8 heteroatoms. The van der Waals surface area contributed by atoms with Crippen molar-refractivity contribution in [2.45, 2.75) is 19.8 Å². The van der Waals surface area contributed by atoms with E-state index in [4.69, 9.17) is 0 Å². The van der Waals surface area contributed by atoms with Crippen LogP contribution in [0.2, 0.25) is 0 Å². The first-order valence-electron chi connectivity index (χ1n) is 11.5. The normalized spacial score (nSPS) is 12.1. The van der Waals surface area contributed by atoms with Crippen molar-refractivity contribution >= 4 is 22.8 Å². The van der Waals surface area contributed by atoms with E-state index in [0.717, 1.165) is 11.1 Å². The van der Waals surface area contributed by atoms with Gasteiger partial charge < -0.3 is 10.3 Å². The third-order valence-electron chi connectivity index (χ3n) is 6.01. The third-order valence-corrected chi connectivity index (χ3v) is 6.01. The highest BCUT2D eigenvalue weighted by atomic mass is 19.1. The number of fused-ring (bicyclic) bond motifs is 1. The molecule has 4 aromatic heterocycles. The molecule has 2 N–H and O–H groups in total. The topological polar surface area (TPSA) is 83.6 Å². The van der Waals surface area contributed by atoms with Crippen LogP contribution in [0.25, 0.3) is 33.5 Å². The lowest BCUT2D eigenvalue weighted by Crippen LogP contribution is -2.25. The van der Waals surface area contributed by atoms with Gasteiger partial charge in [-0.15, -0.1) is 0 Å². The number of carbonyl (C=O) groups excluding carboxylic acids is 1. The van der Waals surface area contributed by atoms with Crippen LogP contribution in [0.15, 0.2) is 79.1 Å². The van der Waals surface area contributed by atoms with Gasteiger partial charge in [-0.3, -0.25) is 9.78 Å². The number of pyridine rings is 3. The molecule has 0 saturated heterocycles. The molecule has 36 heavy (non-hydrogen) atoms. The predicted octanol–water partition coefficient (Wildman–Crippen LogP) is 6.34. The van der Waals surface area contributed by atoms with Crippen LogP contribution in [0.4, 0.5) is 14.6 Å². The van der Waals surface area contributed by atoms with Gasteiger partial charge in [-0.25, -0.2) is 14.4 Å². The first-order chi connectivity index (χ1) is 17.4. The quantitative estimate of drug-likeness (QED) is 0.276. The van der Waals surface area contributed by atoms with Gasteiger partial charge in [-0.1, -0.05) is 32.0 Å². The Morgan fingerprint density at radius 3 is 2.47 bits per heavy atom. The van der Waals surface area contributed by atoms with E-state index in [-0.39, 0.29) is 17.6 Å². The van der Waals surface area contributed by atoms with Crippen molar-refractivity contribution in [1.29, 1.82) is 0 Å². The van der Waals surface area contributed by atoms with Crippen LogP contribution in [0.3, 0.4) is 0 Å². The van der Waals surface area contributed by atoms with Crippen molar-refractivity contribution in [3.05, 3.63) is 96.5 Å². The molecule has 5 rings (SSSR count). The molecule has 0 aliphatic heterocycles. The molecular formula is C28H23F2N5O. The van der Waals surface area contributed by atoms with Crippen LogP contribution >= 0.6 is 0 Å². The van der Waals surface area contributed by atoms with Crippen molar-refractivity contribution in [2.75, 3.05) is 5.32 Å². The molecule has 180 valence electrons. The van der Waals surface area contributed by atoms with E-state index < -0.39 is 11.9 Å². The zero-order chi connectivity index (χ0) is 25.2. The second-order valence-electron chi connectivity index (χ2n) is 8.81. The minimum atomic E-state index is -0.589. The number of aromatic nitrogens is 4. The van der Waals surface area contributed by atoms with E-state index in [2.05, 4.69) is 25.3 Å². The second-order valence-corrected chi connectivity index (χ2v) is 8.81. The first kappa shape index (κ1) is 23.3. The zero-order valence-corrected chi connectivity index (χ0v) is 19.7. The summed E-state index contributed by atoms with van der Waals surface area (Å²) >= 11 is 0. The van der Waals surface area contributed by atoms with Crippen LogP contribution < -0.4 is 5.32 Å². The van der Waals surface area contributed by atoms with Crippen LogP contribution in [-0.4, -0.2) is 25.8 Å². The molecule has 0 spiro atoms. The minimum absolute atomic E-state index is 0.0240. The number of nitrogens with zero attached hydrogens (tertiary/aromatic N) is 3. The molecule has 6 nitrogen and oxygen atoms in total. The fraction of sp³-hybridized carbons (Fsp3) is 0.143. The highest BCUT2D eigenvalue weighted by Gasteiger charge is 2.25. The number of hydrogen-bond donors (Lipinski definition) is 2. The van der Waals surface area contributed by atoms with Gasteiger partial charge in [0.05, 0.1) is 28.4 Å². The van der Waals surface area contributed by atoms with E-state index in [1.165, 1.54) is 18.2 Å². The first-order valence-corrected chi connectivity index (χ1v) is 11.5. The number of benzene rings is 1. The Bertz CT molecular complexity index is 1530. The summed E-state index contributed by atoms with van der Waals surface area (Å²) in [5.74, 6) is -1.34. The average Bonchev–Trinajstić information content (AvgIpc) is 3.24. The highest BCUT2D eigenvalue weighted by Crippen LogP contribution is 2.37. The Labute approximate surface area is 206 Å². The summed E-state index contributed by atoms with van der Waals surface area (Å²) in [4.78, 5) is 29.4. The number of aromatic amines is 1. The standard InChI is InChI=1S/C28H23F2N5O/c1-16(2)24(17-6-8-19(29)9-7-17)28(36)35-23-15-18(12-14-32-23)26-25(20-5-3-4-13-31-20)27-21(33-26)10-11-22(30)34-27/h3-16,24,33H,1-2H3,(H,32,35,36)/t24-/m1/s1. The Hall–Kier alpha value is -4.46. The summed E-state index contributed by atoms with van der Waals surface area (Å²) in [6.07, 6.45) is 3.26. The summed E-state index contributed by atoms with van der Waals surface area (Å²) in [5.41, 5.74) is 4.53. The predicted molar refractivity (Wildman–Crippen MR) is 135 cm³/mol. The molecule has 0 saturated carbocycles. The molecule has 0 fully saturated rings. The van der Waals surface area contributed by atoms with Crippen molar-refractivity contribution in [1.82, 2.24) is 19.9 Å². The average molecular weight is 484 g/mol. The van der Waals surface area contributed by atoms with Gasteiger partial charge in [0.25, 0.3) is 0 Å². The number of carbonyl (C=O) groups is 1. The molecular weight excluding hydrogens is 460 g/mol. The smallest absolute Gasteiger partial charge is 0.233 e. The van der Waals surface area contributed by atoms with Gasteiger partial charge in [0.15, 0.2) is 0 Å². The summed E-state index contributed by atoms with van der Waals surface area (Å²) in [5, 5.41) is 2.90. The fourth-order valence-corrected chi connectivity index (χ4v) is 4.39. The van der Waals surface area contributed by atoms with Gasteiger partial charge in [-0.05, 0) is 60.0 Å². The van der Waals surface area contributed by atoms with Crippen LogP contribution in [0.1, 0.15) is 25.3 Å². The fourth-order valence-electron chi connectivity index (χ4n) is 4.39. The van der Waals surface area contributed by atoms with Crippen LogP contribution in [-0.2, 0) is 4.79 Å². The maximum atomic E-state index is 14.0. The molecule has 0 bridgehead atoms. The lowest BCUT2D eigenvalue weighted by atomic mass is 9.87. The number of nitrogens with one attached hydrogen (secondary N) is 2. The Morgan fingerprint density at radius 2 is 1.75 bits per heavy atom. The van der Waals surface area contributed by atoms with Gasteiger partial charge in [0.2, 0.25) is 11.9 Å². The largest absolute Gasteiger partial charge is 0.353 e. The molecule has 1 aromatic carbocycles. The maximum absolute atomic E-state index is 14.0. The minimum Gasteiger partial charge on any atom is -0.353 e. The van der Waals surface area contributed by atoms with Crippen LogP contribution in [0.5, 0.6) is 0 Å². The van der Waals surface area contributed by atoms with Crippen molar-refractivity contribution in [3.8, 4) is 22.5 Å². The molecule has 0 aliphatic carbocycles. The summed E-state index contributed by atoms with van der Waals surface area (Å²) in [6, 6.07) is 17.9. The highest BCUT2D eigenvalue weighted by molar-refractivity contribution is 6.01. The molecule has 4 heterocycles. The van der Waals surface area contributed by atoms with Gasteiger partial charge in [0.1, 0.15) is 17.2 Å². The zero-order valence-electron chi connectivity index (χ0n) is 19.7. The number of rotatable bonds is 6. The number of amides is 1. The van der Waals surface area contributed by atoms with E-state index in [1.807, 2.05) is 26.0 Å². The Morgan fingerprint density at radius 1 is 0.944 bits per heavy atom. The molecule has 0 aliphatic rings. The lowest BCUT2D eigenvalue weighted by molar-refractivity contribution is -0.118. The van der Waals surface area contributed by atoms with E-state index in [9.17, 15) is 13.6 Å². The van der Waals surface area contributed by atoms with Crippen molar-refractivity contribution in [3.63, 3.8) is 0 Å².